The minimum atomic E-state index is -0.225. The Bertz CT molecular complexity index is 236. The van der Waals surface area contributed by atoms with Gasteiger partial charge >= 0.3 is 0 Å². The van der Waals surface area contributed by atoms with Gasteiger partial charge in [-0.3, -0.25) is 19.3 Å². The van der Waals surface area contributed by atoms with Gasteiger partial charge in [0.1, 0.15) is 5.78 Å². The second-order valence-electron chi connectivity index (χ2n) is 2.86. The molecule has 0 N–H and O–H groups in total. The molecule has 0 atom stereocenters. The van der Waals surface area contributed by atoms with Crippen LogP contribution in [0.15, 0.2) is 0 Å². The molecule has 1 saturated heterocycles. The van der Waals surface area contributed by atoms with E-state index in [2.05, 4.69) is 0 Å². The van der Waals surface area contributed by atoms with Crippen LogP contribution in [0.25, 0.3) is 0 Å². The molecule has 0 radical (unpaired) electrons. The normalized spacial score (nSPS) is 17.8. The topological polar surface area (TPSA) is 54.5 Å². The van der Waals surface area contributed by atoms with E-state index in [-0.39, 0.29) is 29.9 Å². The van der Waals surface area contributed by atoms with Crippen molar-refractivity contribution in [1.82, 2.24) is 4.90 Å². The average Bonchev–Trinajstić information content (AvgIpc) is 2.03. The molecule has 1 aliphatic heterocycles. The zero-order valence-corrected chi connectivity index (χ0v) is 8.23. The number of carbonyl (C=O) groups is 3. The summed E-state index contributed by atoms with van der Waals surface area (Å²) in [6.45, 7) is 1.69. The van der Waals surface area contributed by atoms with Gasteiger partial charge in [0.05, 0.1) is 0 Å². The second kappa shape index (κ2) is 4.41. The smallest absolute Gasteiger partial charge is 0.288 e. The van der Waals surface area contributed by atoms with E-state index in [0.717, 1.165) is 16.7 Å². The van der Waals surface area contributed by atoms with Gasteiger partial charge in [-0.15, -0.1) is 0 Å². The van der Waals surface area contributed by atoms with Crippen molar-refractivity contribution in [3.8, 4) is 0 Å². The lowest BCUT2D eigenvalue weighted by atomic mass is 10.3. The molecule has 13 heavy (non-hydrogen) atoms. The summed E-state index contributed by atoms with van der Waals surface area (Å²) in [6, 6.07) is 0. The van der Waals surface area contributed by atoms with E-state index in [4.69, 9.17) is 0 Å². The predicted octanol–water partition coefficient (Wildman–Crippen LogP) is 1.05. The van der Waals surface area contributed by atoms with Crippen molar-refractivity contribution < 1.29 is 14.4 Å². The van der Waals surface area contributed by atoms with Gasteiger partial charge in [0.15, 0.2) is 0 Å². The first kappa shape index (κ1) is 10.2. The highest BCUT2D eigenvalue weighted by molar-refractivity contribution is 8.13. The molecule has 0 aromatic rings. The largest absolute Gasteiger partial charge is 0.300 e. The van der Waals surface area contributed by atoms with Crippen LogP contribution in [0.2, 0.25) is 0 Å². The lowest BCUT2D eigenvalue weighted by Gasteiger charge is -2.23. The van der Waals surface area contributed by atoms with Crippen molar-refractivity contribution in [1.29, 1.82) is 0 Å². The number of imide groups is 1. The second-order valence-corrected chi connectivity index (χ2v) is 3.91. The Hall–Kier alpha value is -0.840. The maximum atomic E-state index is 11.2. The minimum absolute atomic E-state index is 0.00354. The number of ketones is 1. The molecule has 1 heterocycles. The Labute approximate surface area is 80.7 Å². The van der Waals surface area contributed by atoms with Gasteiger partial charge in [-0.2, -0.15) is 0 Å². The fourth-order valence-electron chi connectivity index (χ4n) is 1.03. The summed E-state index contributed by atoms with van der Waals surface area (Å²) in [5.74, 6) is 0.398. The molecule has 4 nitrogen and oxygen atoms in total. The van der Waals surface area contributed by atoms with Crippen molar-refractivity contribution in [2.75, 3.05) is 12.3 Å². The van der Waals surface area contributed by atoms with Gasteiger partial charge < -0.3 is 0 Å². The summed E-state index contributed by atoms with van der Waals surface area (Å²) in [7, 11) is 0. The highest BCUT2D eigenvalue weighted by atomic mass is 32.2. The SMILES string of the molecule is CC(=O)CCN1C(=O)CCSC1=O. The van der Waals surface area contributed by atoms with E-state index in [0.29, 0.717) is 12.2 Å². The summed E-state index contributed by atoms with van der Waals surface area (Å²) < 4.78 is 0. The molecule has 0 aliphatic carbocycles. The summed E-state index contributed by atoms with van der Waals surface area (Å²) >= 11 is 1.14. The van der Waals surface area contributed by atoms with E-state index in [9.17, 15) is 14.4 Å². The third-order valence-electron chi connectivity index (χ3n) is 1.75. The minimum Gasteiger partial charge on any atom is -0.300 e. The van der Waals surface area contributed by atoms with E-state index >= 15 is 0 Å². The molecule has 1 rings (SSSR count). The molecule has 0 aromatic heterocycles. The Morgan fingerprint density at radius 1 is 1.54 bits per heavy atom. The first-order valence-corrected chi connectivity index (χ1v) is 5.06. The number of rotatable bonds is 3. The van der Waals surface area contributed by atoms with Crippen molar-refractivity contribution >= 4 is 28.7 Å². The quantitative estimate of drug-likeness (QED) is 0.685. The maximum absolute atomic E-state index is 11.2. The van der Waals surface area contributed by atoms with Crippen LogP contribution in [0, 0.1) is 0 Å². The van der Waals surface area contributed by atoms with E-state index in [1.807, 2.05) is 0 Å². The number of hydrogen-bond acceptors (Lipinski definition) is 4. The average molecular weight is 201 g/mol. The Balaban J connectivity index is 2.49. The fraction of sp³-hybridized carbons (Fsp3) is 0.625. The number of nitrogens with zero attached hydrogens (tertiary/aromatic N) is 1. The summed E-state index contributed by atoms with van der Waals surface area (Å²) in [4.78, 5) is 34.2. The van der Waals surface area contributed by atoms with Crippen LogP contribution >= 0.6 is 11.8 Å². The van der Waals surface area contributed by atoms with Crippen LogP contribution in [0.5, 0.6) is 0 Å². The van der Waals surface area contributed by atoms with E-state index < -0.39 is 0 Å². The molecule has 1 fully saturated rings. The molecule has 5 heteroatoms. The van der Waals surface area contributed by atoms with Crippen molar-refractivity contribution in [2.45, 2.75) is 19.8 Å². The number of hydrogen-bond donors (Lipinski definition) is 0. The molecule has 0 aromatic carbocycles. The maximum Gasteiger partial charge on any atom is 0.288 e. The first-order valence-electron chi connectivity index (χ1n) is 4.08. The monoisotopic (exact) mass is 201 g/mol. The zero-order valence-electron chi connectivity index (χ0n) is 7.41. The molecule has 0 saturated carbocycles. The molecular weight excluding hydrogens is 190 g/mol. The van der Waals surface area contributed by atoms with Gasteiger partial charge in [0, 0.05) is 25.1 Å². The first-order chi connectivity index (χ1) is 6.11. The van der Waals surface area contributed by atoms with Gasteiger partial charge in [0.2, 0.25) is 5.91 Å². The Morgan fingerprint density at radius 2 is 2.23 bits per heavy atom. The number of thioether (sulfide) groups is 1. The zero-order chi connectivity index (χ0) is 9.84. The molecule has 0 spiro atoms. The van der Waals surface area contributed by atoms with Gasteiger partial charge in [-0.25, -0.2) is 0 Å². The number of amides is 2. The standard InChI is InChI=1S/C8H11NO3S/c1-6(10)2-4-9-7(11)3-5-13-8(9)12/h2-5H2,1H3. The molecule has 0 bridgehead atoms. The van der Waals surface area contributed by atoms with Crippen LogP contribution in [-0.4, -0.2) is 34.1 Å². The van der Waals surface area contributed by atoms with E-state index in [1.165, 1.54) is 6.92 Å². The third-order valence-corrected chi connectivity index (χ3v) is 2.63. The molecule has 2 amide bonds. The van der Waals surface area contributed by atoms with Crippen LogP contribution in [0.3, 0.4) is 0 Å². The van der Waals surface area contributed by atoms with Crippen molar-refractivity contribution in [3.63, 3.8) is 0 Å². The molecular formula is C8H11NO3S. The van der Waals surface area contributed by atoms with Crippen molar-refractivity contribution in [3.05, 3.63) is 0 Å². The summed E-state index contributed by atoms with van der Waals surface area (Å²) in [5.41, 5.74) is 0. The lowest BCUT2D eigenvalue weighted by Crippen LogP contribution is -2.39. The highest BCUT2D eigenvalue weighted by Crippen LogP contribution is 2.18. The van der Waals surface area contributed by atoms with Crippen molar-refractivity contribution in [2.24, 2.45) is 0 Å². The molecule has 1 aliphatic rings. The van der Waals surface area contributed by atoms with Crippen LogP contribution in [0.1, 0.15) is 19.8 Å². The van der Waals surface area contributed by atoms with Gasteiger partial charge in [-0.05, 0) is 6.92 Å². The Kier molecular flexibility index (Phi) is 3.48. The highest BCUT2D eigenvalue weighted by Gasteiger charge is 2.26. The van der Waals surface area contributed by atoms with E-state index in [1.54, 1.807) is 0 Å². The predicted molar refractivity (Wildman–Crippen MR) is 49.5 cm³/mol. The molecule has 72 valence electrons. The number of Topliss-reactive ketones (excluding diaryl/α,β-unsaturated/α-hetero) is 1. The van der Waals surface area contributed by atoms with Crippen LogP contribution < -0.4 is 0 Å². The van der Waals surface area contributed by atoms with Gasteiger partial charge in [0.25, 0.3) is 5.24 Å². The lowest BCUT2D eigenvalue weighted by molar-refractivity contribution is -0.128. The number of carbonyl (C=O) groups excluding carboxylic acids is 3. The molecule has 0 unspecified atom stereocenters. The van der Waals surface area contributed by atoms with Crippen LogP contribution in [0.4, 0.5) is 4.79 Å². The fourth-order valence-corrected chi connectivity index (χ4v) is 1.83. The van der Waals surface area contributed by atoms with Crippen LogP contribution in [-0.2, 0) is 9.59 Å². The summed E-state index contributed by atoms with van der Waals surface area (Å²) in [6.07, 6.45) is 0.659. The summed E-state index contributed by atoms with van der Waals surface area (Å²) in [5, 5.41) is -0.225. The Morgan fingerprint density at radius 3 is 2.77 bits per heavy atom. The van der Waals surface area contributed by atoms with Gasteiger partial charge in [-0.1, -0.05) is 11.8 Å². The third kappa shape index (κ3) is 2.84.